The average Bonchev–Trinajstić information content (AvgIpc) is 3.29. The topological polar surface area (TPSA) is 101 Å². The quantitative estimate of drug-likeness (QED) is 0.362. The van der Waals surface area contributed by atoms with Gasteiger partial charge in [0.25, 0.3) is 5.56 Å². The van der Waals surface area contributed by atoms with Crippen LogP contribution in [0, 0.1) is 5.82 Å². The molecule has 0 fully saturated rings. The minimum atomic E-state index is -0.543. The monoisotopic (exact) mass is 483 g/mol. The van der Waals surface area contributed by atoms with Crippen molar-refractivity contribution in [3.05, 3.63) is 81.1 Å². The van der Waals surface area contributed by atoms with Gasteiger partial charge in [0, 0.05) is 0 Å². The van der Waals surface area contributed by atoms with Gasteiger partial charge in [0.15, 0.2) is 11.5 Å². The van der Waals surface area contributed by atoms with Crippen LogP contribution in [0.5, 0.6) is 0 Å². The van der Waals surface area contributed by atoms with Crippen LogP contribution in [0.1, 0.15) is 25.2 Å². The number of benzene rings is 2. The SMILES string of the molecule is CC[C@@H](Nc1ncnc2[nH]cnc12)c1nc2ccc(F)cc2c(=O)n1-c1c(Cl)cccc1Cl. The van der Waals surface area contributed by atoms with E-state index >= 15 is 0 Å². The summed E-state index contributed by atoms with van der Waals surface area (Å²) >= 11 is 12.9. The molecule has 8 nitrogen and oxygen atoms in total. The minimum Gasteiger partial charge on any atom is -0.358 e. The summed E-state index contributed by atoms with van der Waals surface area (Å²) in [7, 11) is 0. The number of halogens is 3. The Bertz CT molecular complexity index is 1550. The van der Waals surface area contributed by atoms with Crippen molar-refractivity contribution in [2.75, 3.05) is 5.32 Å². The maximum Gasteiger partial charge on any atom is 0.266 e. The smallest absolute Gasteiger partial charge is 0.266 e. The molecule has 3 aromatic heterocycles. The van der Waals surface area contributed by atoms with E-state index < -0.39 is 17.4 Å². The third-order valence-electron chi connectivity index (χ3n) is 5.27. The van der Waals surface area contributed by atoms with Crippen LogP contribution in [0.25, 0.3) is 27.8 Å². The molecule has 0 spiro atoms. The molecule has 0 bridgehead atoms. The van der Waals surface area contributed by atoms with Crippen molar-refractivity contribution < 1.29 is 4.39 Å². The van der Waals surface area contributed by atoms with Crippen molar-refractivity contribution in [2.45, 2.75) is 19.4 Å². The van der Waals surface area contributed by atoms with Crippen molar-refractivity contribution >= 4 is 51.1 Å². The third-order valence-corrected chi connectivity index (χ3v) is 5.88. The lowest BCUT2D eigenvalue weighted by atomic mass is 10.1. The Labute approximate surface area is 196 Å². The van der Waals surface area contributed by atoms with Crippen molar-refractivity contribution in [1.82, 2.24) is 29.5 Å². The second-order valence-electron chi connectivity index (χ2n) is 7.27. The molecule has 33 heavy (non-hydrogen) atoms. The van der Waals surface area contributed by atoms with Crippen LogP contribution in [0.4, 0.5) is 10.2 Å². The van der Waals surface area contributed by atoms with Gasteiger partial charge in [-0.25, -0.2) is 24.3 Å². The van der Waals surface area contributed by atoms with Gasteiger partial charge >= 0.3 is 0 Å². The first-order valence-electron chi connectivity index (χ1n) is 10.0. The van der Waals surface area contributed by atoms with Crippen LogP contribution in [0.15, 0.2) is 53.8 Å². The molecule has 1 atom stereocenters. The van der Waals surface area contributed by atoms with E-state index in [-0.39, 0.29) is 21.1 Å². The summed E-state index contributed by atoms with van der Waals surface area (Å²) in [5, 5.41) is 3.94. The van der Waals surface area contributed by atoms with Crippen LogP contribution in [-0.4, -0.2) is 29.5 Å². The van der Waals surface area contributed by atoms with Gasteiger partial charge in [-0.15, -0.1) is 0 Å². The van der Waals surface area contributed by atoms with Crippen LogP contribution in [-0.2, 0) is 0 Å². The Morgan fingerprint density at radius 2 is 1.94 bits per heavy atom. The Kier molecular flexibility index (Phi) is 5.43. The number of imidazole rings is 1. The Hall–Kier alpha value is -3.56. The number of anilines is 1. The highest BCUT2D eigenvalue weighted by molar-refractivity contribution is 6.37. The maximum absolute atomic E-state index is 14.0. The van der Waals surface area contributed by atoms with Crippen molar-refractivity contribution in [2.24, 2.45) is 0 Å². The summed E-state index contributed by atoms with van der Waals surface area (Å²) in [6.45, 7) is 1.93. The first kappa shape index (κ1) is 21.3. The van der Waals surface area contributed by atoms with Gasteiger partial charge in [0.05, 0.1) is 39.0 Å². The second kappa shape index (κ2) is 8.42. The molecule has 0 unspecified atom stereocenters. The molecule has 11 heteroatoms. The highest BCUT2D eigenvalue weighted by Crippen LogP contribution is 2.32. The fourth-order valence-corrected chi connectivity index (χ4v) is 4.28. The molecule has 0 radical (unpaired) electrons. The summed E-state index contributed by atoms with van der Waals surface area (Å²) in [5.41, 5.74) is 1.24. The molecule has 0 aliphatic carbocycles. The molecule has 2 aromatic carbocycles. The van der Waals surface area contributed by atoms with Gasteiger partial charge in [-0.2, -0.15) is 0 Å². The molecular weight excluding hydrogens is 468 g/mol. The van der Waals surface area contributed by atoms with Gasteiger partial charge in [0.2, 0.25) is 0 Å². The molecule has 0 saturated carbocycles. The lowest BCUT2D eigenvalue weighted by Crippen LogP contribution is -2.29. The normalized spacial score (nSPS) is 12.4. The third kappa shape index (κ3) is 3.69. The zero-order valence-electron chi connectivity index (χ0n) is 17.2. The van der Waals surface area contributed by atoms with Gasteiger partial charge in [-0.05, 0) is 36.8 Å². The molecule has 0 saturated heterocycles. The van der Waals surface area contributed by atoms with Crippen LogP contribution >= 0.6 is 23.2 Å². The van der Waals surface area contributed by atoms with E-state index in [1.165, 1.54) is 29.4 Å². The lowest BCUT2D eigenvalue weighted by Gasteiger charge is -2.23. The first-order valence-corrected chi connectivity index (χ1v) is 10.8. The fraction of sp³-hybridized carbons (Fsp3) is 0.136. The lowest BCUT2D eigenvalue weighted by molar-refractivity contribution is 0.628. The van der Waals surface area contributed by atoms with E-state index in [1.807, 2.05) is 6.92 Å². The van der Waals surface area contributed by atoms with Gasteiger partial charge in [-0.1, -0.05) is 36.2 Å². The number of para-hydroxylation sites is 1. The number of nitrogens with zero attached hydrogens (tertiary/aromatic N) is 5. The summed E-state index contributed by atoms with van der Waals surface area (Å²) in [5.74, 6) is 0.273. The summed E-state index contributed by atoms with van der Waals surface area (Å²) in [6.07, 6.45) is 3.45. The number of rotatable bonds is 5. The summed E-state index contributed by atoms with van der Waals surface area (Å²) in [4.78, 5) is 34.0. The maximum atomic E-state index is 14.0. The van der Waals surface area contributed by atoms with Crippen molar-refractivity contribution in [3.63, 3.8) is 0 Å². The zero-order valence-corrected chi connectivity index (χ0v) is 18.7. The molecule has 5 aromatic rings. The standard InChI is InChI=1S/C22H16Cl2FN7O/c1-2-15(30-20-17-19(27-9-26-17)28-10-29-20)21-31-16-7-6-11(25)8-12(16)22(33)32(21)18-13(23)4-3-5-14(18)24/h3-10,15H,2H2,1H3,(H2,26,27,28,29,30)/t15-/m1/s1. The van der Waals surface area contributed by atoms with Crippen LogP contribution in [0.3, 0.4) is 0 Å². The van der Waals surface area contributed by atoms with Crippen molar-refractivity contribution in [1.29, 1.82) is 0 Å². The largest absolute Gasteiger partial charge is 0.358 e. The number of fused-ring (bicyclic) bond motifs is 2. The number of aromatic amines is 1. The number of nitrogens with one attached hydrogen (secondary N) is 2. The van der Waals surface area contributed by atoms with E-state index in [0.717, 1.165) is 6.07 Å². The fourth-order valence-electron chi connectivity index (χ4n) is 3.71. The number of H-pyrrole nitrogens is 1. The average molecular weight is 484 g/mol. The minimum absolute atomic E-state index is 0.112. The zero-order chi connectivity index (χ0) is 23.1. The predicted octanol–water partition coefficient (Wildman–Crippen LogP) is 5.06. The first-order chi connectivity index (χ1) is 16.0. The Morgan fingerprint density at radius 3 is 2.70 bits per heavy atom. The molecule has 0 amide bonds. The number of hydrogen-bond donors (Lipinski definition) is 2. The Morgan fingerprint density at radius 1 is 1.15 bits per heavy atom. The van der Waals surface area contributed by atoms with E-state index in [0.29, 0.717) is 34.7 Å². The molecule has 0 aliphatic rings. The molecule has 166 valence electrons. The van der Waals surface area contributed by atoms with E-state index in [4.69, 9.17) is 28.2 Å². The van der Waals surface area contributed by atoms with Gasteiger partial charge in [0.1, 0.15) is 23.5 Å². The summed E-state index contributed by atoms with van der Waals surface area (Å²) in [6, 6.07) is 8.32. The molecule has 2 N–H and O–H groups in total. The molecule has 0 aliphatic heterocycles. The predicted molar refractivity (Wildman–Crippen MR) is 126 cm³/mol. The van der Waals surface area contributed by atoms with Gasteiger partial charge < -0.3 is 10.3 Å². The highest BCUT2D eigenvalue weighted by atomic mass is 35.5. The highest BCUT2D eigenvalue weighted by Gasteiger charge is 2.24. The summed E-state index contributed by atoms with van der Waals surface area (Å²) < 4.78 is 15.3. The molecular formula is C22H16Cl2FN7O. The van der Waals surface area contributed by atoms with E-state index in [1.54, 1.807) is 18.2 Å². The second-order valence-corrected chi connectivity index (χ2v) is 8.08. The van der Waals surface area contributed by atoms with Crippen LogP contribution < -0.4 is 10.9 Å². The van der Waals surface area contributed by atoms with Crippen molar-refractivity contribution in [3.8, 4) is 5.69 Å². The van der Waals surface area contributed by atoms with E-state index in [9.17, 15) is 9.18 Å². The number of aromatic nitrogens is 6. The molecule has 5 rings (SSSR count). The van der Waals surface area contributed by atoms with E-state index in [2.05, 4.69) is 25.3 Å². The molecule has 3 heterocycles. The number of hydrogen-bond acceptors (Lipinski definition) is 6. The Balaban J connectivity index is 1.78. The van der Waals surface area contributed by atoms with Gasteiger partial charge in [-0.3, -0.25) is 9.36 Å². The van der Waals surface area contributed by atoms with Crippen LogP contribution in [0.2, 0.25) is 10.0 Å².